The second-order valence-electron chi connectivity index (χ2n) is 12.4. The van der Waals surface area contributed by atoms with Crippen molar-refractivity contribution in [3.8, 4) is 0 Å². The molecule has 6 bridgehead atoms. The molecule has 0 spiro atoms. The molecule has 6 aliphatic rings. The van der Waals surface area contributed by atoms with Gasteiger partial charge in [0.1, 0.15) is 0 Å². The standard InChI is InChI=1S/C23H38/c1-12-14-16-15-13(2)20(8)18(5,6)22(15,10)23(16,11)21(14,9)17(3,4)19(12,20)7/h12-16H,1-11H3. The Balaban J connectivity index is 1.99. The number of rotatable bonds is 0. The van der Waals surface area contributed by atoms with Crippen LogP contribution in [-0.2, 0) is 0 Å². The molecule has 6 rings (SSSR count). The topological polar surface area (TPSA) is 0 Å². The third-order valence-electron chi connectivity index (χ3n) is 14.1. The first-order chi connectivity index (χ1) is 10.2. The molecule has 0 amide bonds. The zero-order valence-electron chi connectivity index (χ0n) is 17.4. The average Bonchev–Trinajstić information content (AvgIpc) is 2.61. The van der Waals surface area contributed by atoms with Crippen LogP contribution in [0.1, 0.15) is 76.2 Å². The van der Waals surface area contributed by atoms with Crippen molar-refractivity contribution in [2.24, 2.45) is 67.5 Å². The molecule has 8 atom stereocenters. The summed E-state index contributed by atoms with van der Waals surface area (Å²) in [4.78, 5) is 0. The molecule has 8 unspecified atom stereocenters. The van der Waals surface area contributed by atoms with E-state index >= 15 is 0 Å². The minimum absolute atomic E-state index is 0.415. The van der Waals surface area contributed by atoms with E-state index in [1.54, 1.807) is 0 Å². The van der Waals surface area contributed by atoms with Gasteiger partial charge < -0.3 is 0 Å². The largest absolute Gasteiger partial charge is 0.0616 e. The molecular formula is C23H38. The predicted molar refractivity (Wildman–Crippen MR) is 96.9 cm³/mol. The highest BCUT2D eigenvalue weighted by Gasteiger charge is 3.01. The Morgan fingerprint density at radius 2 is 0.696 bits per heavy atom. The fourth-order valence-electron chi connectivity index (χ4n) is 12.3. The summed E-state index contributed by atoms with van der Waals surface area (Å²) in [6.07, 6.45) is 0. The molecule has 6 fully saturated rings. The quantitative estimate of drug-likeness (QED) is 0.495. The van der Waals surface area contributed by atoms with Crippen molar-refractivity contribution in [3.05, 3.63) is 0 Å². The van der Waals surface area contributed by atoms with Crippen LogP contribution in [0.25, 0.3) is 0 Å². The van der Waals surface area contributed by atoms with Gasteiger partial charge in [0.15, 0.2) is 0 Å². The van der Waals surface area contributed by atoms with Crippen LogP contribution in [0.3, 0.4) is 0 Å². The van der Waals surface area contributed by atoms with Gasteiger partial charge in [-0.2, -0.15) is 0 Å². The molecular weight excluding hydrogens is 276 g/mol. The first kappa shape index (κ1) is 15.3. The van der Waals surface area contributed by atoms with Crippen LogP contribution in [0.5, 0.6) is 0 Å². The molecule has 0 radical (unpaired) electrons. The average molecular weight is 315 g/mol. The van der Waals surface area contributed by atoms with Gasteiger partial charge in [0.25, 0.3) is 0 Å². The highest BCUT2D eigenvalue weighted by Crippen LogP contribution is 3.05. The highest BCUT2D eigenvalue weighted by atomic mass is 15.0. The summed E-state index contributed by atoms with van der Waals surface area (Å²) in [5, 5.41) is 0. The molecule has 130 valence electrons. The molecule has 0 N–H and O–H groups in total. The van der Waals surface area contributed by atoms with Crippen molar-refractivity contribution in [2.45, 2.75) is 76.2 Å². The van der Waals surface area contributed by atoms with Crippen molar-refractivity contribution in [3.63, 3.8) is 0 Å². The first-order valence-electron chi connectivity index (χ1n) is 10.2. The molecule has 0 aromatic rings. The lowest BCUT2D eigenvalue weighted by molar-refractivity contribution is -0.405. The van der Waals surface area contributed by atoms with Gasteiger partial charge in [0, 0.05) is 0 Å². The van der Waals surface area contributed by atoms with Crippen LogP contribution in [0.4, 0.5) is 0 Å². The molecule has 0 nitrogen and oxygen atoms in total. The lowest BCUT2D eigenvalue weighted by atomic mass is 9.17. The molecule has 0 aromatic carbocycles. The molecule has 0 heterocycles. The van der Waals surface area contributed by atoms with Crippen molar-refractivity contribution >= 4 is 0 Å². The minimum Gasteiger partial charge on any atom is -0.0616 e. The Morgan fingerprint density at radius 3 is 1.00 bits per heavy atom. The summed E-state index contributed by atoms with van der Waals surface area (Å²) in [7, 11) is 0. The molecule has 0 aromatic heterocycles. The van der Waals surface area contributed by atoms with E-state index in [0.717, 1.165) is 29.6 Å². The van der Waals surface area contributed by atoms with E-state index in [2.05, 4.69) is 76.2 Å². The van der Waals surface area contributed by atoms with E-state index < -0.39 is 0 Å². The van der Waals surface area contributed by atoms with Crippen LogP contribution in [0.15, 0.2) is 0 Å². The Labute approximate surface area is 144 Å². The maximum absolute atomic E-state index is 2.72. The van der Waals surface area contributed by atoms with E-state index in [0.29, 0.717) is 37.9 Å². The third-order valence-corrected chi connectivity index (χ3v) is 14.1. The van der Waals surface area contributed by atoms with Gasteiger partial charge in [-0.05, 0) is 67.5 Å². The van der Waals surface area contributed by atoms with Gasteiger partial charge in [-0.15, -0.1) is 0 Å². The fourth-order valence-corrected chi connectivity index (χ4v) is 12.3. The zero-order valence-corrected chi connectivity index (χ0v) is 17.4. The van der Waals surface area contributed by atoms with Gasteiger partial charge in [0.2, 0.25) is 0 Å². The predicted octanol–water partition coefficient (Wildman–Crippen LogP) is 6.26. The SMILES string of the molecule is CC1C2C3C4C(C)C5(C)C(C)(C)C4(C)C3(C)C2(C)C(C)(C)C15C. The summed E-state index contributed by atoms with van der Waals surface area (Å²) in [6, 6.07) is 0. The maximum atomic E-state index is 2.72. The summed E-state index contributed by atoms with van der Waals surface area (Å²) < 4.78 is 0. The van der Waals surface area contributed by atoms with E-state index in [9.17, 15) is 0 Å². The Hall–Kier alpha value is 0. The van der Waals surface area contributed by atoms with Crippen molar-refractivity contribution in [1.29, 1.82) is 0 Å². The number of hydrogen-bond donors (Lipinski definition) is 0. The van der Waals surface area contributed by atoms with E-state index in [-0.39, 0.29) is 0 Å². The van der Waals surface area contributed by atoms with Crippen LogP contribution in [-0.4, -0.2) is 0 Å². The smallest absolute Gasteiger partial charge is 0.0168 e. The summed E-state index contributed by atoms with van der Waals surface area (Å²) >= 11 is 0. The monoisotopic (exact) mass is 314 g/mol. The Kier molecular flexibility index (Phi) is 1.98. The van der Waals surface area contributed by atoms with Gasteiger partial charge in [0.05, 0.1) is 0 Å². The highest BCUT2D eigenvalue weighted by molar-refractivity contribution is 5.47. The van der Waals surface area contributed by atoms with Crippen LogP contribution in [0, 0.1) is 67.5 Å². The van der Waals surface area contributed by atoms with Crippen LogP contribution < -0.4 is 0 Å². The molecule has 6 saturated carbocycles. The van der Waals surface area contributed by atoms with Crippen molar-refractivity contribution < 1.29 is 0 Å². The second kappa shape index (κ2) is 2.99. The van der Waals surface area contributed by atoms with Crippen LogP contribution in [0.2, 0.25) is 0 Å². The Morgan fingerprint density at radius 1 is 0.391 bits per heavy atom. The van der Waals surface area contributed by atoms with E-state index in [1.165, 1.54) is 0 Å². The van der Waals surface area contributed by atoms with Crippen molar-refractivity contribution in [2.75, 3.05) is 0 Å². The first-order valence-corrected chi connectivity index (χ1v) is 10.2. The normalized spacial score (nSPS) is 75.0. The molecule has 0 heteroatoms. The second-order valence-corrected chi connectivity index (χ2v) is 12.4. The Bertz CT molecular complexity index is 603. The molecule has 23 heavy (non-hydrogen) atoms. The maximum Gasteiger partial charge on any atom is -0.0168 e. The molecule has 6 aliphatic carbocycles. The summed E-state index contributed by atoms with van der Waals surface area (Å²) in [5.41, 5.74) is 3.26. The van der Waals surface area contributed by atoms with Gasteiger partial charge in [-0.3, -0.25) is 0 Å². The van der Waals surface area contributed by atoms with E-state index in [4.69, 9.17) is 0 Å². The molecule has 0 saturated heterocycles. The van der Waals surface area contributed by atoms with Gasteiger partial charge in [-0.1, -0.05) is 76.2 Å². The van der Waals surface area contributed by atoms with Gasteiger partial charge in [-0.25, -0.2) is 0 Å². The summed E-state index contributed by atoms with van der Waals surface area (Å²) in [6.45, 7) is 29.5. The van der Waals surface area contributed by atoms with E-state index in [1.807, 2.05) is 0 Å². The summed E-state index contributed by atoms with van der Waals surface area (Å²) in [5.74, 6) is 4.65. The zero-order chi connectivity index (χ0) is 17.4. The molecule has 0 aliphatic heterocycles. The fraction of sp³-hybridized carbons (Fsp3) is 1.00. The lowest BCUT2D eigenvalue weighted by Crippen LogP contribution is -2.83. The van der Waals surface area contributed by atoms with Gasteiger partial charge >= 0.3 is 0 Å². The minimum atomic E-state index is 0.415. The third kappa shape index (κ3) is 0.741. The number of hydrogen-bond acceptors (Lipinski definition) is 0. The lowest BCUT2D eigenvalue weighted by Gasteiger charge is -2.87. The van der Waals surface area contributed by atoms with Crippen molar-refractivity contribution in [1.82, 2.24) is 0 Å². The van der Waals surface area contributed by atoms with Crippen LogP contribution >= 0.6 is 0 Å².